The lowest BCUT2D eigenvalue weighted by Crippen LogP contribution is -2.12. The van der Waals surface area contributed by atoms with Crippen molar-refractivity contribution < 1.29 is 31.2 Å². The predicted molar refractivity (Wildman–Crippen MR) is 98.6 cm³/mol. The van der Waals surface area contributed by atoms with Crippen LogP contribution in [-0.4, -0.2) is 10.9 Å². The van der Waals surface area contributed by atoms with Crippen molar-refractivity contribution in [2.45, 2.75) is 0 Å². The van der Waals surface area contributed by atoms with Gasteiger partial charge < -0.3 is 9.73 Å². The number of halogens is 6. The number of nitrogens with zero attached hydrogens (tertiary/aromatic N) is 1. The minimum Gasteiger partial charge on any atom is -0.436 e. The number of amides is 1. The van der Waals surface area contributed by atoms with Gasteiger partial charge in [0.2, 0.25) is 11.7 Å². The summed E-state index contributed by atoms with van der Waals surface area (Å²) in [5, 5.41) is 2.79. The van der Waals surface area contributed by atoms with E-state index >= 15 is 0 Å². The molecule has 0 aliphatic heterocycles. The molecule has 4 rings (SSSR count). The molecule has 0 unspecified atom stereocenters. The molecule has 0 bridgehead atoms. The minimum atomic E-state index is -2.28. The third kappa shape index (κ3) is 3.26. The Bertz CT molecular complexity index is 1290. The predicted octanol–water partition coefficient (Wildman–Crippen LogP) is 6.10. The van der Waals surface area contributed by atoms with E-state index in [-0.39, 0.29) is 27.4 Å². The number of carbonyl (C=O) groups excluding carboxylic acids is 1. The fraction of sp³-hybridized carbons (Fsp3) is 0. The molecule has 10 heteroatoms. The van der Waals surface area contributed by atoms with E-state index < -0.39 is 46.4 Å². The summed E-state index contributed by atoms with van der Waals surface area (Å²) in [6.45, 7) is 0. The maximum Gasteiger partial charge on any atom is 0.257 e. The van der Waals surface area contributed by atoms with Crippen LogP contribution >= 0.6 is 11.6 Å². The number of anilines is 1. The van der Waals surface area contributed by atoms with Crippen molar-refractivity contribution >= 4 is 34.3 Å². The number of fused-ring (bicyclic) bond motifs is 1. The summed E-state index contributed by atoms with van der Waals surface area (Å²) in [4.78, 5) is 16.1. The third-order valence-electron chi connectivity index (χ3n) is 4.19. The summed E-state index contributed by atoms with van der Waals surface area (Å²) in [6.07, 6.45) is 0. The van der Waals surface area contributed by atoms with Crippen LogP contribution in [0, 0.1) is 29.1 Å². The number of hydrogen-bond acceptors (Lipinski definition) is 3. The number of carbonyl (C=O) groups is 1. The van der Waals surface area contributed by atoms with Crippen molar-refractivity contribution in [3.8, 4) is 11.5 Å². The van der Waals surface area contributed by atoms with Crippen molar-refractivity contribution in [2.24, 2.45) is 0 Å². The van der Waals surface area contributed by atoms with Gasteiger partial charge in [-0.1, -0.05) is 23.7 Å². The lowest BCUT2D eigenvalue weighted by atomic mass is 10.1. The molecule has 0 saturated heterocycles. The Kier molecular flexibility index (Phi) is 4.90. The van der Waals surface area contributed by atoms with Crippen LogP contribution in [0.15, 0.2) is 46.9 Å². The second-order valence-corrected chi connectivity index (χ2v) is 6.49. The lowest BCUT2D eigenvalue weighted by Gasteiger charge is -2.06. The smallest absolute Gasteiger partial charge is 0.257 e. The minimum absolute atomic E-state index is 0.00434. The lowest BCUT2D eigenvalue weighted by molar-refractivity contribution is 0.102. The van der Waals surface area contributed by atoms with Gasteiger partial charge in [0.1, 0.15) is 11.1 Å². The Balaban J connectivity index is 1.72. The van der Waals surface area contributed by atoms with E-state index in [1.807, 2.05) is 0 Å². The average Bonchev–Trinajstić information content (AvgIpc) is 3.14. The normalized spacial score (nSPS) is 11.1. The summed E-state index contributed by atoms with van der Waals surface area (Å²) in [7, 11) is 0. The Morgan fingerprint density at radius 3 is 2.20 bits per heavy atom. The molecule has 152 valence electrons. The maximum absolute atomic E-state index is 14.0. The largest absolute Gasteiger partial charge is 0.436 e. The summed E-state index contributed by atoms with van der Waals surface area (Å²) in [6, 6.07) is 10.4. The van der Waals surface area contributed by atoms with Crippen molar-refractivity contribution in [1.29, 1.82) is 0 Å². The third-order valence-corrected chi connectivity index (χ3v) is 4.52. The van der Waals surface area contributed by atoms with Crippen LogP contribution in [-0.2, 0) is 0 Å². The van der Waals surface area contributed by atoms with Crippen LogP contribution in [0.5, 0.6) is 0 Å². The van der Waals surface area contributed by atoms with E-state index in [0.717, 1.165) is 0 Å². The Morgan fingerprint density at radius 2 is 1.53 bits per heavy atom. The van der Waals surface area contributed by atoms with Crippen LogP contribution in [0.1, 0.15) is 10.4 Å². The molecule has 0 aliphatic carbocycles. The SMILES string of the molecule is O=C(Nc1ccc2oc(-c3c(F)c(F)c(F)c(F)c3F)nc2c1)c1ccccc1Cl. The number of oxazole rings is 1. The molecule has 0 fully saturated rings. The molecular formula is C20H8ClF5N2O2. The van der Waals surface area contributed by atoms with Gasteiger partial charge in [-0.2, -0.15) is 0 Å². The van der Waals surface area contributed by atoms with Gasteiger partial charge in [-0.05, 0) is 30.3 Å². The van der Waals surface area contributed by atoms with Crippen molar-refractivity contribution in [2.75, 3.05) is 5.32 Å². The summed E-state index contributed by atoms with van der Waals surface area (Å²) in [5.74, 6) is -12.0. The van der Waals surface area contributed by atoms with Crippen LogP contribution in [0.25, 0.3) is 22.6 Å². The van der Waals surface area contributed by atoms with Crippen molar-refractivity contribution in [3.63, 3.8) is 0 Å². The molecular weight excluding hydrogens is 431 g/mol. The molecule has 1 aromatic heterocycles. The van der Waals surface area contributed by atoms with Crippen LogP contribution < -0.4 is 5.32 Å². The number of benzene rings is 3. The van der Waals surface area contributed by atoms with Crippen LogP contribution in [0.3, 0.4) is 0 Å². The molecule has 0 spiro atoms. The number of rotatable bonds is 3. The first kappa shape index (κ1) is 19.8. The quantitative estimate of drug-likeness (QED) is 0.239. The summed E-state index contributed by atoms with van der Waals surface area (Å²) >= 11 is 5.97. The fourth-order valence-electron chi connectivity index (χ4n) is 2.75. The first-order valence-electron chi connectivity index (χ1n) is 8.26. The van der Waals surface area contributed by atoms with Gasteiger partial charge in [-0.25, -0.2) is 26.9 Å². The molecule has 4 nitrogen and oxygen atoms in total. The topological polar surface area (TPSA) is 55.1 Å². The highest BCUT2D eigenvalue weighted by molar-refractivity contribution is 6.34. The fourth-order valence-corrected chi connectivity index (χ4v) is 2.97. The molecule has 0 aliphatic rings. The molecule has 0 radical (unpaired) electrons. The molecule has 4 aromatic rings. The summed E-state index contributed by atoms with van der Waals surface area (Å²) in [5.41, 5.74) is -0.814. The van der Waals surface area contributed by atoms with Gasteiger partial charge >= 0.3 is 0 Å². The maximum atomic E-state index is 14.0. The first-order chi connectivity index (χ1) is 14.3. The molecule has 1 heterocycles. The van der Waals surface area contributed by atoms with Gasteiger partial charge in [-0.3, -0.25) is 4.79 Å². The van der Waals surface area contributed by atoms with Crippen molar-refractivity contribution in [3.05, 3.63) is 82.1 Å². The van der Waals surface area contributed by atoms with Gasteiger partial charge in [0, 0.05) is 5.69 Å². The second kappa shape index (κ2) is 7.42. The molecule has 1 N–H and O–H groups in total. The molecule has 1 amide bonds. The van der Waals surface area contributed by atoms with Gasteiger partial charge in [0.15, 0.2) is 28.9 Å². The van der Waals surface area contributed by atoms with Gasteiger partial charge in [-0.15, -0.1) is 0 Å². The van der Waals surface area contributed by atoms with E-state index in [2.05, 4.69) is 10.3 Å². The van der Waals surface area contributed by atoms with Crippen LogP contribution in [0.2, 0.25) is 5.02 Å². The zero-order valence-corrected chi connectivity index (χ0v) is 15.3. The highest BCUT2D eigenvalue weighted by Crippen LogP contribution is 2.33. The molecule has 3 aromatic carbocycles. The Hall–Kier alpha value is -3.46. The second-order valence-electron chi connectivity index (χ2n) is 6.08. The van der Waals surface area contributed by atoms with E-state index in [1.165, 1.54) is 30.3 Å². The monoisotopic (exact) mass is 438 g/mol. The summed E-state index contributed by atoms with van der Waals surface area (Å²) < 4.78 is 73.3. The number of aromatic nitrogens is 1. The molecule has 30 heavy (non-hydrogen) atoms. The van der Waals surface area contributed by atoms with Crippen molar-refractivity contribution in [1.82, 2.24) is 4.98 Å². The zero-order chi connectivity index (χ0) is 21.6. The number of nitrogens with one attached hydrogen (secondary N) is 1. The van der Waals surface area contributed by atoms with E-state index in [4.69, 9.17) is 16.0 Å². The van der Waals surface area contributed by atoms with E-state index in [9.17, 15) is 26.7 Å². The molecule has 0 atom stereocenters. The standard InChI is InChI=1S/C20H8ClF5N2O2/c21-10-4-2-1-3-9(10)19(29)27-8-5-6-12-11(7-8)28-20(30-12)13-14(22)16(24)18(26)17(25)15(13)23/h1-7H,(H,27,29). The van der Waals surface area contributed by atoms with E-state index in [0.29, 0.717) is 0 Å². The molecule has 0 saturated carbocycles. The zero-order valence-electron chi connectivity index (χ0n) is 14.6. The van der Waals surface area contributed by atoms with Gasteiger partial charge in [0.05, 0.1) is 10.6 Å². The average molecular weight is 439 g/mol. The Labute approximate surface area is 169 Å². The number of hydrogen-bond donors (Lipinski definition) is 1. The first-order valence-corrected chi connectivity index (χ1v) is 8.64. The highest BCUT2D eigenvalue weighted by Gasteiger charge is 2.29. The van der Waals surface area contributed by atoms with Crippen LogP contribution in [0.4, 0.5) is 27.6 Å². The Morgan fingerprint density at radius 1 is 0.900 bits per heavy atom. The van der Waals surface area contributed by atoms with Gasteiger partial charge in [0.25, 0.3) is 5.91 Å². The highest BCUT2D eigenvalue weighted by atomic mass is 35.5. The van der Waals surface area contributed by atoms with E-state index in [1.54, 1.807) is 12.1 Å².